The van der Waals surface area contributed by atoms with Crippen molar-refractivity contribution in [3.63, 3.8) is 0 Å². The van der Waals surface area contributed by atoms with Gasteiger partial charge in [-0.05, 0) is 0 Å². The van der Waals surface area contributed by atoms with E-state index < -0.39 is 12.1 Å². The Morgan fingerprint density at radius 1 is 1.40 bits per heavy atom. The van der Waals surface area contributed by atoms with Crippen LogP contribution in [0.1, 0.15) is 13.3 Å². The SMILES string of the molecule is [Br-].[CH2-]CC(C)C(F)(F)F.[Mg+2]. The van der Waals surface area contributed by atoms with Crippen molar-refractivity contribution >= 4 is 23.1 Å². The molecule has 0 aromatic carbocycles. The van der Waals surface area contributed by atoms with Crippen LogP contribution in [-0.2, 0) is 0 Å². The number of hydrogen-bond acceptors (Lipinski definition) is 0. The van der Waals surface area contributed by atoms with Gasteiger partial charge in [0.25, 0.3) is 0 Å². The topological polar surface area (TPSA) is 0 Å². The van der Waals surface area contributed by atoms with Crippen molar-refractivity contribution in [3.8, 4) is 0 Å². The molecule has 0 nitrogen and oxygen atoms in total. The minimum absolute atomic E-state index is 0. The standard InChI is InChI=1S/C5H8F3.BrH.Mg/c1-3-4(2)5(6,7)8;;/h4H,1,3H2,2H3;1H;/q-1;;+2/p-1. The van der Waals surface area contributed by atoms with E-state index in [0.29, 0.717) is 0 Å². The Balaban J connectivity index is -0.000000245. The molecule has 58 valence electrons. The molecule has 10 heavy (non-hydrogen) atoms. The normalized spacial score (nSPS) is 12.9. The minimum atomic E-state index is -4.05. The smallest absolute Gasteiger partial charge is 1.00 e. The molecule has 0 bridgehead atoms. The average Bonchev–Trinajstić information content (AvgIpc) is 1.62. The van der Waals surface area contributed by atoms with Crippen LogP contribution < -0.4 is 17.0 Å². The summed E-state index contributed by atoms with van der Waals surface area (Å²) in [5.74, 6) is -1.26. The molecular weight excluding hydrogens is 221 g/mol. The molecule has 0 spiro atoms. The second kappa shape index (κ2) is 6.73. The monoisotopic (exact) mass is 228 g/mol. The first kappa shape index (κ1) is 17.2. The summed E-state index contributed by atoms with van der Waals surface area (Å²) >= 11 is 0. The second-order valence-electron chi connectivity index (χ2n) is 1.73. The summed E-state index contributed by atoms with van der Waals surface area (Å²) in [6.07, 6.45) is -4.13. The molecule has 0 aliphatic carbocycles. The van der Waals surface area contributed by atoms with Crippen molar-refractivity contribution in [1.29, 1.82) is 0 Å². The molecule has 0 aliphatic rings. The zero-order chi connectivity index (χ0) is 6.78. The Bertz CT molecular complexity index is 73.8. The van der Waals surface area contributed by atoms with E-state index in [1.54, 1.807) is 0 Å². The van der Waals surface area contributed by atoms with Crippen molar-refractivity contribution in [2.45, 2.75) is 19.5 Å². The van der Waals surface area contributed by atoms with Crippen LogP contribution >= 0.6 is 0 Å². The third-order valence-corrected chi connectivity index (χ3v) is 0.992. The predicted molar refractivity (Wildman–Crippen MR) is 30.9 cm³/mol. The van der Waals surface area contributed by atoms with Crippen molar-refractivity contribution in [2.24, 2.45) is 5.92 Å². The van der Waals surface area contributed by atoms with E-state index in [0.717, 1.165) is 6.92 Å². The van der Waals surface area contributed by atoms with Gasteiger partial charge in [-0.1, -0.05) is 6.92 Å². The molecule has 0 N–H and O–H groups in total. The molecule has 1 atom stereocenters. The molecule has 0 amide bonds. The van der Waals surface area contributed by atoms with Gasteiger partial charge in [-0.3, -0.25) is 0 Å². The van der Waals surface area contributed by atoms with Gasteiger partial charge < -0.3 is 23.9 Å². The fourth-order valence-corrected chi connectivity index (χ4v) is 0.164. The Morgan fingerprint density at radius 2 is 1.70 bits per heavy atom. The average molecular weight is 229 g/mol. The third-order valence-electron chi connectivity index (χ3n) is 0.992. The van der Waals surface area contributed by atoms with Gasteiger partial charge in [-0.15, -0.1) is 0 Å². The molecule has 0 aliphatic heterocycles. The summed E-state index contributed by atoms with van der Waals surface area (Å²) in [6.45, 7) is 4.25. The van der Waals surface area contributed by atoms with Crippen LogP contribution in [-0.4, -0.2) is 29.2 Å². The van der Waals surface area contributed by atoms with Gasteiger partial charge >= 0.3 is 29.2 Å². The maximum absolute atomic E-state index is 11.4. The van der Waals surface area contributed by atoms with Crippen LogP contribution in [0, 0.1) is 12.8 Å². The van der Waals surface area contributed by atoms with E-state index in [2.05, 4.69) is 6.92 Å². The predicted octanol–water partition coefficient (Wildman–Crippen LogP) is -0.968. The van der Waals surface area contributed by atoms with Crippen molar-refractivity contribution in [2.75, 3.05) is 0 Å². The van der Waals surface area contributed by atoms with Crippen LogP contribution in [0.2, 0.25) is 0 Å². The quantitative estimate of drug-likeness (QED) is 0.401. The molecule has 0 saturated carbocycles. The van der Waals surface area contributed by atoms with Crippen molar-refractivity contribution < 1.29 is 30.2 Å². The molecule has 0 rings (SSSR count). The molecule has 0 heterocycles. The molecule has 1 unspecified atom stereocenters. The molecular formula is C5H8BrF3Mg. The molecule has 5 heteroatoms. The Kier molecular flexibility index (Phi) is 11.6. The van der Waals surface area contributed by atoms with Crippen molar-refractivity contribution in [1.82, 2.24) is 0 Å². The number of alkyl halides is 3. The van der Waals surface area contributed by atoms with Crippen LogP contribution in [0.25, 0.3) is 0 Å². The second-order valence-corrected chi connectivity index (χ2v) is 1.73. The van der Waals surface area contributed by atoms with E-state index in [9.17, 15) is 13.2 Å². The first-order valence-electron chi connectivity index (χ1n) is 2.34. The first-order chi connectivity index (χ1) is 3.48. The van der Waals surface area contributed by atoms with E-state index in [-0.39, 0.29) is 46.5 Å². The van der Waals surface area contributed by atoms with Gasteiger partial charge in [0, 0.05) is 5.92 Å². The third kappa shape index (κ3) is 7.15. The van der Waals surface area contributed by atoms with E-state index in [4.69, 9.17) is 0 Å². The molecule has 0 fully saturated rings. The summed E-state index contributed by atoms with van der Waals surface area (Å²) in [7, 11) is 0. The fraction of sp³-hybridized carbons (Fsp3) is 0.800. The van der Waals surface area contributed by atoms with Gasteiger partial charge in [0.1, 0.15) is 0 Å². The molecule has 0 saturated heterocycles. The number of halogens is 4. The largest absolute Gasteiger partial charge is 2.00 e. The Labute approximate surface area is 85.5 Å². The zero-order valence-corrected chi connectivity index (χ0v) is 8.71. The Morgan fingerprint density at radius 3 is 1.70 bits per heavy atom. The maximum Gasteiger partial charge on any atom is 2.00 e. The van der Waals surface area contributed by atoms with Gasteiger partial charge in [-0.25, -0.2) is 0 Å². The first-order valence-corrected chi connectivity index (χ1v) is 2.34. The van der Waals surface area contributed by atoms with Gasteiger partial charge in [-0.2, -0.15) is 19.6 Å². The summed E-state index contributed by atoms with van der Waals surface area (Å²) < 4.78 is 34.2. The number of hydrogen-bond donors (Lipinski definition) is 0. The molecule has 0 radical (unpaired) electrons. The van der Waals surface area contributed by atoms with Gasteiger partial charge in [0.2, 0.25) is 0 Å². The van der Waals surface area contributed by atoms with Crippen molar-refractivity contribution in [3.05, 3.63) is 6.92 Å². The summed E-state index contributed by atoms with van der Waals surface area (Å²) in [5, 5.41) is 0. The minimum Gasteiger partial charge on any atom is -1.00 e. The van der Waals surface area contributed by atoms with Gasteiger partial charge in [0.05, 0.1) is 0 Å². The molecule has 0 aromatic heterocycles. The van der Waals surface area contributed by atoms with E-state index in [1.165, 1.54) is 0 Å². The van der Waals surface area contributed by atoms with Crippen LogP contribution in [0.3, 0.4) is 0 Å². The van der Waals surface area contributed by atoms with E-state index in [1.807, 2.05) is 0 Å². The maximum atomic E-state index is 11.4. The zero-order valence-electron chi connectivity index (χ0n) is 5.71. The Hall–Kier alpha value is 1.04. The van der Waals surface area contributed by atoms with Crippen LogP contribution in [0.5, 0.6) is 0 Å². The summed E-state index contributed by atoms with van der Waals surface area (Å²) in [4.78, 5) is 0. The van der Waals surface area contributed by atoms with Gasteiger partial charge in [0.15, 0.2) is 0 Å². The van der Waals surface area contributed by atoms with Crippen LogP contribution in [0.4, 0.5) is 13.2 Å². The number of rotatable bonds is 1. The summed E-state index contributed by atoms with van der Waals surface area (Å²) in [5.41, 5.74) is 0. The fourth-order valence-electron chi connectivity index (χ4n) is 0.164. The molecule has 0 aromatic rings. The van der Waals surface area contributed by atoms with Crippen LogP contribution in [0.15, 0.2) is 0 Å². The summed E-state index contributed by atoms with van der Waals surface area (Å²) in [6, 6.07) is 0. The van der Waals surface area contributed by atoms with E-state index >= 15 is 0 Å².